The van der Waals surface area contributed by atoms with E-state index in [2.05, 4.69) is 10.6 Å². The maximum Gasteiger partial charge on any atom is 0.126 e. The lowest BCUT2D eigenvalue weighted by atomic mass is 9.97. The molecule has 618 valence electrons. The SMILES string of the molecule is C.C.C.C.CC[C@@H](O)[C@@H]1CCc2cc(F)ccc2O1.CC[C@@H](O)[C@H]1CCc2cc(F)ccc2O1.O[C@H](CN(Cc1ccccc1)C[C@@H](O)[C@H]1CCc2cc(F)ccc2O1)[C@@H]1CCc2cc(F)ccc2O1.O[C@H](CNCc1ccccc1)[C@@H]1CCc2cc(F)ccc2O1.O[C@H](CNCc1ccccc1)[C@H]1CCc2cc(F)ccc2O1. The molecule has 0 aliphatic carbocycles. The summed E-state index contributed by atoms with van der Waals surface area (Å²) < 4.78 is 114. The zero-order valence-electron chi connectivity index (χ0n) is 62.2. The summed E-state index contributed by atoms with van der Waals surface area (Å²) in [5, 5.41) is 68.5. The van der Waals surface area contributed by atoms with E-state index in [1.807, 2.05) is 110 Å². The summed E-state index contributed by atoms with van der Waals surface area (Å²) >= 11 is 0. The summed E-state index contributed by atoms with van der Waals surface area (Å²) in [6.45, 7) is 7.34. The van der Waals surface area contributed by atoms with E-state index in [-0.39, 0.29) is 89.0 Å². The Morgan fingerprint density at radius 1 is 0.307 bits per heavy atom. The fraction of sp³-hybridized carbons (Fsp3) is 0.419. The molecule has 8 N–H and O–H groups in total. The van der Waals surface area contributed by atoms with Gasteiger partial charge in [-0.25, -0.2) is 26.3 Å². The molecule has 15 nitrogen and oxygen atoms in total. The Balaban J connectivity index is 0.000000204. The van der Waals surface area contributed by atoms with Crippen LogP contribution in [0.5, 0.6) is 34.5 Å². The molecular formula is C93H117F6N3O12. The highest BCUT2D eigenvalue weighted by Crippen LogP contribution is 2.36. The van der Waals surface area contributed by atoms with Crippen molar-refractivity contribution in [1.82, 2.24) is 15.5 Å². The summed E-state index contributed by atoms with van der Waals surface area (Å²) in [5.41, 5.74) is 8.59. The van der Waals surface area contributed by atoms with E-state index < -0.39 is 48.8 Å². The van der Waals surface area contributed by atoms with Crippen LogP contribution in [0, 0.1) is 34.9 Å². The van der Waals surface area contributed by atoms with E-state index >= 15 is 0 Å². The first kappa shape index (κ1) is 92.2. The molecule has 9 aromatic rings. The molecule has 0 spiro atoms. The minimum atomic E-state index is -0.796. The molecule has 0 saturated carbocycles. The minimum absolute atomic E-state index is 0. The monoisotopic (exact) mass is 1580 g/mol. The van der Waals surface area contributed by atoms with Crippen molar-refractivity contribution in [3.63, 3.8) is 0 Å². The van der Waals surface area contributed by atoms with Gasteiger partial charge in [0.25, 0.3) is 0 Å². The largest absolute Gasteiger partial charge is 0.487 e. The number of hydrogen-bond acceptors (Lipinski definition) is 15. The normalized spacial score (nSPS) is 19.3. The first-order valence-corrected chi connectivity index (χ1v) is 38.3. The lowest BCUT2D eigenvalue weighted by molar-refractivity contribution is -0.0295. The number of nitrogens with zero attached hydrogens (tertiary/aromatic N) is 1. The second-order valence-corrected chi connectivity index (χ2v) is 28.8. The highest BCUT2D eigenvalue weighted by atomic mass is 19.1. The Kier molecular flexibility index (Phi) is 37.1. The van der Waals surface area contributed by atoms with Gasteiger partial charge in [0.1, 0.15) is 130 Å². The number of aliphatic hydroxyl groups excluding tert-OH is 6. The van der Waals surface area contributed by atoms with Crippen LogP contribution in [-0.2, 0) is 58.2 Å². The van der Waals surface area contributed by atoms with Gasteiger partial charge in [-0.2, -0.15) is 0 Å². The van der Waals surface area contributed by atoms with Crippen LogP contribution < -0.4 is 39.1 Å². The van der Waals surface area contributed by atoms with Gasteiger partial charge < -0.3 is 69.7 Å². The van der Waals surface area contributed by atoms with Crippen LogP contribution in [-0.4, -0.2) is 135 Å². The molecule has 15 rings (SSSR count). The quantitative estimate of drug-likeness (QED) is 0.0297. The summed E-state index contributed by atoms with van der Waals surface area (Å²) in [6.07, 6.45) is 4.45. The van der Waals surface area contributed by atoms with Crippen LogP contribution in [0.25, 0.3) is 0 Å². The smallest absolute Gasteiger partial charge is 0.126 e. The summed E-state index contributed by atoms with van der Waals surface area (Å²) in [4.78, 5) is 2.01. The van der Waals surface area contributed by atoms with E-state index in [4.69, 9.17) is 28.4 Å². The van der Waals surface area contributed by atoms with E-state index in [9.17, 15) is 57.0 Å². The van der Waals surface area contributed by atoms with Crippen LogP contribution in [0.1, 0.15) is 145 Å². The van der Waals surface area contributed by atoms with Gasteiger partial charge in [-0.15, -0.1) is 0 Å². The van der Waals surface area contributed by atoms with Crippen molar-refractivity contribution in [1.29, 1.82) is 0 Å². The molecule has 6 aliphatic heterocycles. The van der Waals surface area contributed by atoms with E-state index in [0.29, 0.717) is 132 Å². The van der Waals surface area contributed by atoms with Crippen LogP contribution in [0.3, 0.4) is 0 Å². The standard InChI is InChI=1S/C29H31F2NO4.2C18H20FNO2.2C12H15FO2.4CH4/c30-22-8-12-26-20(14-22)6-10-28(35-26)24(33)17-32(16-19-4-2-1-3-5-19)18-25(34)29-11-7-21-15-23(31)9-13-27(21)36-29;2*19-15-7-9-17-14(10-15)6-8-18(22-17)16(21)12-20-11-13-4-2-1-3-5-13;2*1-2-10(14)12-5-3-8-7-9(13)4-6-11(8)15-12;;;;/h1-5,8-9,12-15,24-25,28-29,33-34H,6-7,10-11,16-18H2;2*1-5,7,9-10,16,18,20-21H,6,8,11-12H2;2*4,6-7,10,12,14H,2-3,5H2,1H3;4*1H4/t24-,25-,28-,29+;16-,18+;16-,18-;10-,12+;10-,12-;;;;/m11111..../s1. The van der Waals surface area contributed by atoms with Gasteiger partial charge in [0.05, 0.1) is 12.2 Å². The van der Waals surface area contributed by atoms with Crippen molar-refractivity contribution in [2.75, 3.05) is 26.2 Å². The number of fused-ring (bicyclic) bond motifs is 6. The van der Waals surface area contributed by atoms with Crippen LogP contribution >= 0.6 is 0 Å². The molecule has 0 saturated heterocycles. The molecular weight excluding hydrogens is 1470 g/mol. The predicted molar refractivity (Wildman–Crippen MR) is 436 cm³/mol. The van der Waals surface area contributed by atoms with Crippen molar-refractivity contribution < 1.29 is 85.4 Å². The fourth-order valence-corrected chi connectivity index (χ4v) is 14.4. The van der Waals surface area contributed by atoms with Gasteiger partial charge in [-0.1, -0.05) is 135 Å². The van der Waals surface area contributed by atoms with Crippen molar-refractivity contribution in [3.8, 4) is 34.5 Å². The lowest BCUT2D eigenvalue weighted by Crippen LogP contribution is -2.48. The average molecular weight is 1580 g/mol. The van der Waals surface area contributed by atoms with E-state index in [1.54, 1.807) is 36.4 Å². The Labute approximate surface area is 669 Å². The molecule has 114 heavy (non-hydrogen) atoms. The molecule has 21 heteroatoms. The van der Waals surface area contributed by atoms with Gasteiger partial charge in [0, 0.05) is 45.8 Å². The average Bonchev–Trinajstić information content (AvgIpc) is 0.843. The molecule has 9 aromatic carbocycles. The maximum atomic E-state index is 13.5. The Hall–Kier alpha value is -9.00. The predicted octanol–water partition coefficient (Wildman–Crippen LogP) is 16.7. The van der Waals surface area contributed by atoms with Gasteiger partial charge in [-0.05, 0) is 249 Å². The second kappa shape index (κ2) is 45.9. The minimum Gasteiger partial charge on any atom is -0.487 e. The molecule has 0 amide bonds. The Bertz CT molecular complexity index is 4080. The van der Waals surface area contributed by atoms with Crippen LogP contribution in [0.15, 0.2) is 200 Å². The van der Waals surface area contributed by atoms with Crippen molar-refractivity contribution >= 4 is 0 Å². The van der Waals surface area contributed by atoms with Crippen LogP contribution in [0.4, 0.5) is 26.3 Å². The maximum absolute atomic E-state index is 13.5. The van der Waals surface area contributed by atoms with Gasteiger partial charge in [0.2, 0.25) is 0 Å². The van der Waals surface area contributed by atoms with Gasteiger partial charge >= 0.3 is 0 Å². The Morgan fingerprint density at radius 2 is 0.526 bits per heavy atom. The molecule has 0 radical (unpaired) electrons. The molecule has 0 aromatic heterocycles. The number of ether oxygens (including phenoxy) is 6. The second-order valence-electron chi connectivity index (χ2n) is 28.8. The zero-order valence-corrected chi connectivity index (χ0v) is 62.2. The molecule has 0 fully saturated rings. The molecule has 12 atom stereocenters. The summed E-state index contributed by atoms with van der Waals surface area (Å²) in [5.74, 6) is 2.45. The highest BCUT2D eigenvalue weighted by Gasteiger charge is 2.34. The fourth-order valence-electron chi connectivity index (χ4n) is 14.4. The van der Waals surface area contributed by atoms with Crippen LogP contribution in [0.2, 0.25) is 0 Å². The van der Waals surface area contributed by atoms with Crippen molar-refractivity contribution in [2.24, 2.45) is 0 Å². The molecule has 6 aliphatic rings. The number of benzene rings is 9. The zero-order chi connectivity index (χ0) is 77.5. The Morgan fingerprint density at radius 3 is 0.763 bits per heavy atom. The highest BCUT2D eigenvalue weighted by molar-refractivity contribution is 5.41. The first-order chi connectivity index (χ1) is 53.3. The molecule has 0 bridgehead atoms. The lowest BCUT2D eigenvalue weighted by Gasteiger charge is -2.35. The third-order valence-corrected chi connectivity index (χ3v) is 20.6. The number of nitrogens with one attached hydrogen (secondary N) is 2. The number of aryl methyl sites for hydroxylation is 6. The van der Waals surface area contributed by atoms with Crippen molar-refractivity contribution in [3.05, 3.63) is 285 Å². The third-order valence-electron chi connectivity index (χ3n) is 20.6. The molecule has 0 unspecified atom stereocenters. The first-order valence-electron chi connectivity index (χ1n) is 38.3. The number of hydrogen-bond donors (Lipinski definition) is 8. The topological polar surface area (TPSA) is 204 Å². The number of halogens is 6. The summed E-state index contributed by atoms with van der Waals surface area (Å²) in [6, 6.07) is 57.0. The summed E-state index contributed by atoms with van der Waals surface area (Å²) in [7, 11) is 0. The molecule has 6 heterocycles. The number of rotatable bonds is 22. The van der Waals surface area contributed by atoms with E-state index in [0.717, 1.165) is 77.5 Å². The third kappa shape index (κ3) is 27.1. The number of aliphatic hydroxyl groups is 6. The van der Waals surface area contributed by atoms with E-state index in [1.165, 1.54) is 83.9 Å². The van der Waals surface area contributed by atoms with Gasteiger partial charge in [-0.3, -0.25) is 4.90 Å². The van der Waals surface area contributed by atoms with Crippen molar-refractivity contribution in [2.45, 2.75) is 226 Å². The van der Waals surface area contributed by atoms with Gasteiger partial charge in [0.15, 0.2) is 0 Å².